The fourth-order valence-corrected chi connectivity index (χ4v) is 2.33. The zero-order valence-corrected chi connectivity index (χ0v) is 8.35. The summed E-state index contributed by atoms with van der Waals surface area (Å²) >= 11 is 5.84. The van der Waals surface area contributed by atoms with E-state index in [1.807, 2.05) is 12.1 Å². The molecule has 1 aliphatic carbocycles. The van der Waals surface area contributed by atoms with Crippen LogP contribution in [0.5, 0.6) is 0 Å². The zero-order valence-electron chi connectivity index (χ0n) is 7.59. The molecular weight excluding hydrogens is 182 g/mol. The third-order valence-electron chi connectivity index (χ3n) is 2.84. The quantitative estimate of drug-likeness (QED) is 0.682. The second kappa shape index (κ2) is 3.59. The molecule has 0 aromatic heterocycles. The second-order valence-corrected chi connectivity index (χ2v) is 4.19. The molecule has 1 aliphatic rings. The average Bonchev–Trinajstić information content (AvgIpc) is 2.56. The van der Waals surface area contributed by atoms with Crippen LogP contribution in [-0.4, -0.2) is 0 Å². The SMILES string of the molecule is Nc1cc(Cl)ccc1C1CCCC1. The maximum atomic E-state index is 5.92. The van der Waals surface area contributed by atoms with Crippen molar-refractivity contribution in [3.05, 3.63) is 28.8 Å². The summed E-state index contributed by atoms with van der Waals surface area (Å²) in [5.41, 5.74) is 8.07. The molecule has 0 bridgehead atoms. The summed E-state index contributed by atoms with van der Waals surface area (Å²) in [5, 5.41) is 0.735. The van der Waals surface area contributed by atoms with Gasteiger partial charge in [-0.05, 0) is 36.5 Å². The minimum absolute atomic E-state index is 0.678. The molecular formula is C11H14ClN. The van der Waals surface area contributed by atoms with E-state index in [9.17, 15) is 0 Å². The van der Waals surface area contributed by atoms with E-state index in [1.165, 1.54) is 31.2 Å². The number of nitrogens with two attached hydrogens (primary N) is 1. The summed E-state index contributed by atoms with van der Waals surface area (Å²) in [7, 11) is 0. The van der Waals surface area contributed by atoms with E-state index in [4.69, 9.17) is 17.3 Å². The van der Waals surface area contributed by atoms with Crippen LogP contribution >= 0.6 is 11.6 Å². The Bertz CT molecular complexity index is 303. The van der Waals surface area contributed by atoms with Gasteiger partial charge in [-0.15, -0.1) is 0 Å². The van der Waals surface area contributed by atoms with E-state index in [1.54, 1.807) is 0 Å². The first-order valence-electron chi connectivity index (χ1n) is 4.82. The van der Waals surface area contributed by atoms with Crippen molar-refractivity contribution in [3.63, 3.8) is 0 Å². The normalized spacial score (nSPS) is 17.9. The van der Waals surface area contributed by atoms with Crippen molar-refractivity contribution in [1.29, 1.82) is 0 Å². The van der Waals surface area contributed by atoms with Gasteiger partial charge in [-0.25, -0.2) is 0 Å². The number of rotatable bonds is 1. The summed E-state index contributed by atoms with van der Waals surface area (Å²) in [6.07, 6.45) is 5.25. The molecule has 0 radical (unpaired) electrons. The van der Waals surface area contributed by atoms with Crippen LogP contribution in [0.4, 0.5) is 5.69 Å². The van der Waals surface area contributed by atoms with Crippen molar-refractivity contribution in [2.45, 2.75) is 31.6 Å². The van der Waals surface area contributed by atoms with Crippen LogP contribution in [0.25, 0.3) is 0 Å². The van der Waals surface area contributed by atoms with Gasteiger partial charge in [0, 0.05) is 10.7 Å². The third kappa shape index (κ3) is 1.80. The molecule has 2 heteroatoms. The molecule has 0 spiro atoms. The van der Waals surface area contributed by atoms with Gasteiger partial charge in [0.15, 0.2) is 0 Å². The second-order valence-electron chi connectivity index (χ2n) is 3.75. The van der Waals surface area contributed by atoms with Gasteiger partial charge in [-0.2, -0.15) is 0 Å². The summed E-state index contributed by atoms with van der Waals surface area (Å²) in [5.74, 6) is 0.678. The van der Waals surface area contributed by atoms with E-state index in [2.05, 4.69) is 6.07 Å². The average molecular weight is 196 g/mol. The molecule has 13 heavy (non-hydrogen) atoms. The first kappa shape index (κ1) is 8.89. The summed E-state index contributed by atoms with van der Waals surface area (Å²) in [6, 6.07) is 5.87. The van der Waals surface area contributed by atoms with E-state index in [0.717, 1.165) is 10.7 Å². The smallest absolute Gasteiger partial charge is 0.0426 e. The molecule has 0 aliphatic heterocycles. The van der Waals surface area contributed by atoms with Crippen molar-refractivity contribution in [2.75, 3.05) is 5.73 Å². The highest BCUT2D eigenvalue weighted by Crippen LogP contribution is 2.37. The van der Waals surface area contributed by atoms with Gasteiger partial charge < -0.3 is 5.73 Å². The largest absolute Gasteiger partial charge is 0.398 e. The monoisotopic (exact) mass is 195 g/mol. The highest BCUT2D eigenvalue weighted by molar-refractivity contribution is 6.30. The molecule has 2 N–H and O–H groups in total. The van der Waals surface area contributed by atoms with Gasteiger partial charge in [0.2, 0.25) is 0 Å². The van der Waals surface area contributed by atoms with Crippen molar-refractivity contribution in [2.24, 2.45) is 0 Å². The molecule has 70 valence electrons. The Morgan fingerprint density at radius 1 is 1.23 bits per heavy atom. The van der Waals surface area contributed by atoms with Crippen LogP contribution in [0.2, 0.25) is 5.02 Å². The first-order chi connectivity index (χ1) is 6.27. The van der Waals surface area contributed by atoms with Crippen molar-refractivity contribution < 1.29 is 0 Å². The third-order valence-corrected chi connectivity index (χ3v) is 3.08. The fourth-order valence-electron chi connectivity index (χ4n) is 2.15. The Balaban J connectivity index is 2.29. The van der Waals surface area contributed by atoms with Crippen LogP contribution in [0.3, 0.4) is 0 Å². The lowest BCUT2D eigenvalue weighted by Gasteiger charge is -2.12. The van der Waals surface area contributed by atoms with Crippen molar-refractivity contribution in [1.82, 2.24) is 0 Å². The fraction of sp³-hybridized carbons (Fsp3) is 0.455. The van der Waals surface area contributed by atoms with Crippen molar-refractivity contribution in [3.8, 4) is 0 Å². The van der Waals surface area contributed by atoms with Gasteiger partial charge in [0.25, 0.3) is 0 Å². The molecule has 0 heterocycles. The molecule has 0 unspecified atom stereocenters. The number of halogens is 1. The Morgan fingerprint density at radius 2 is 1.92 bits per heavy atom. The molecule has 1 nitrogen and oxygen atoms in total. The van der Waals surface area contributed by atoms with E-state index >= 15 is 0 Å². The van der Waals surface area contributed by atoms with E-state index in [-0.39, 0.29) is 0 Å². The van der Waals surface area contributed by atoms with Gasteiger partial charge in [-0.1, -0.05) is 30.5 Å². The first-order valence-corrected chi connectivity index (χ1v) is 5.20. The lowest BCUT2D eigenvalue weighted by molar-refractivity contribution is 0.726. The molecule has 0 atom stereocenters. The predicted octanol–water partition coefficient (Wildman–Crippen LogP) is 3.58. The van der Waals surface area contributed by atoms with Crippen LogP contribution < -0.4 is 5.73 Å². The number of anilines is 1. The number of nitrogen functional groups attached to an aromatic ring is 1. The molecule has 1 saturated carbocycles. The molecule has 1 aromatic rings. The predicted molar refractivity (Wildman–Crippen MR) is 57.1 cm³/mol. The molecule has 1 aromatic carbocycles. The van der Waals surface area contributed by atoms with Crippen LogP contribution in [0.1, 0.15) is 37.2 Å². The van der Waals surface area contributed by atoms with Gasteiger partial charge >= 0.3 is 0 Å². The summed E-state index contributed by atoms with van der Waals surface area (Å²) in [6.45, 7) is 0. The minimum Gasteiger partial charge on any atom is -0.398 e. The lowest BCUT2D eigenvalue weighted by Crippen LogP contribution is -1.98. The zero-order chi connectivity index (χ0) is 9.26. The molecule has 0 amide bonds. The highest BCUT2D eigenvalue weighted by atomic mass is 35.5. The molecule has 0 saturated heterocycles. The standard InChI is InChI=1S/C11H14ClN/c12-9-5-6-10(11(13)7-9)8-3-1-2-4-8/h5-8H,1-4,13H2. The summed E-state index contributed by atoms with van der Waals surface area (Å²) in [4.78, 5) is 0. The van der Waals surface area contributed by atoms with Crippen LogP contribution in [-0.2, 0) is 0 Å². The topological polar surface area (TPSA) is 26.0 Å². The molecule has 1 fully saturated rings. The minimum atomic E-state index is 0.678. The van der Waals surface area contributed by atoms with Gasteiger partial charge in [0.1, 0.15) is 0 Å². The molecule has 2 rings (SSSR count). The Morgan fingerprint density at radius 3 is 2.54 bits per heavy atom. The number of hydrogen-bond acceptors (Lipinski definition) is 1. The van der Waals surface area contributed by atoms with Crippen LogP contribution in [0, 0.1) is 0 Å². The highest BCUT2D eigenvalue weighted by Gasteiger charge is 2.18. The van der Waals surface area contributed by atoms with Crippen molar-refractivity contribution >= 4 is 17.3 Å². The summed E-state index contributed by atoms with van der Waals surface area (Å²) < 4.78 is 0. The number of benzene rings is 1. The Kier molecular flexibility index (Phi) is 2.45. The van der Waals surface area contributed by atoms with E-state index < -0.39 is 0 Å². The Labute approximate surface area is 83.9 Å². The van der Waals surface area contributed by atoms with E-state index in [0.29, 0.717) is 5.92 Å². The van der Waals surface area contributed by atoms with Gasteiger partial charge in [0.05, 0.1) is 0 Å². The lowest BCUT2D eigenvalue weighted by atomic mass is 9.96. The van der Waals surface area contributed by atoms with Crippen LogP contribution in [0.15, 0.2) is 18.2 Å². The Hall–Kier alpha value is -0.690. The maximum Gasteiger partial charge on any atom is 0.0426 e. The number of hydrogen-bond donors (Lipinski definition) is 1. The maximum absolute atomic E-state index is 5.92. The van der Waals surface area contributed by atoms with Gasteiger partial charge in [-0.3, -0.25) is 0 Å².